The van der Waals surface area contributed by atoms with Gasteiger partial charge in [-0.15, -0.1) is 0 Å². The number of aryl methyl sites for hydroxylation is 1. The first-order valence-electron chi connectivity index (χ1n) is 6.79. The van der Waals surface area contributed by atoms with Crippen LogP contribution in [-0.2, 0) is 6.54 Å². The number of hydrogen-bond donors (Lipinski definition) is 1. The number of halogens is 1. The minimum atomic E-state index is -0.207. The normalized spacial score (nSPS) is 10.9. The highest BCUT2D eigenvalue weighted by molar-refractivity contribution is 5.81. The third-order valence-corrected chi connectivity index (χ3v) is 3.54. The Morgan fingerprint density at radius 1 is 1.05 bits per heavy atom. The van der Waals surface area contributed by atoms with Gasteiger partial charge < -0.3 is 9.88 Å². The maximum absolute atomic E-state index is 13.5. The molecule has 0 radical (unpaired) electrons. The van der Waals surface area contributed by atoms with Gasteiger partial charge in [-0.25, -0.2) is 4.39 Å². The number of nitrogens with one attached hydrogen (secondary N) is 1. The number of anilines is 1. The van der Waals surface area contributed by atoms with E-state index in [1.165, 1.54) is 22.7 Å². The second kappa shape index (κ2) is 5.37. The summed E-state index contributed by atoms with van der Waals surface area (Å²) in [7, 11) is 0. The molecule has 0 aliphatic heterocycles. The molecule has 0 aliphatic rings. The average Bonchev–Trinajstić information content (AvgIpc) is 2.77. The molecule has 1 heterocycles. The second-order valence-electron chi connectivity index (χ2n) is 4.90. The van der Waals surface area contributed by atoms with E-state index in [0.717, 1.165) is 6.54 Å². The third kappa shape index (κ3) is 2.39. The fourth-order valence-electron chi connectivity index (χ4n) is 2.55. The van der Waals surface area contributed by atoms with Crippen LogP contribution in [0, 0.1) is 12.7 Å². The average molecular weight is 268 g/mol. The molecule has 0 aliphatic carbocycles. The highest BCUT2D eigenvalue weighted by Gasteiger charge is 2.05. The van der Waals surface area contributed by atoms with Crippen LogP contribution in [0.5, 0.6) is 0 Å². The maximum Gasteiger partial charge on any atom is 0.146 e. The zero-order valence-electron chi connectivity index (χ0n) is 11.4. The lowest BCUT2D eigenvalue weighted by Gasteiger charge is -2.11. The van der Waals surface area contributed by atoms with Crippen LogP contribution in [0.15, 0.2) is 54.6 Å². The van der Waals surface area contributed by atoms with Crippen LogP contribution in [0.1, 0.15) is 5.69 Å². The molecule has 2 aromatic carbocycles. The first-order valence-corrected chi connectivity index (χ1v) is 6.79. The molecule has 2 nitrogen and oxygen atoms in total. The van der Waals surface area contributed by atoms with Crippen LogP contribution >= 0.6 is 0 Å². The SMILES string of the molecule is Cc1cc2ccccc2n1CCNc1ccccc1F. The second-order valence-corrected chi connectivity index (χ2v) is 4.90. The van der Waals surface area contributed by atoms with Crippen LogP contribution in [0.25, 0.3) is 10.9 Å². The van der Waals surface area contributed by atoms with Gasteiger partial charge >= 0.3 is 0 Å². The summed E-state index contributed by atoms with van der Waals surface area (Å²) in [6, 6.07) is 17.3. The van der Waals surface area contributed by atoms with Gasteiger partial charge in [-0.05, 0) is 36.6 Å². The Morgan fingerprint density at radius 3 is 2.65 bits per heavy atom. The fourth-order valence-corrected chi connectivity index (χ4v) is 2.55. The number of hydrogen-bond acceptors (Lipinski definition) is 1. The quantitative estimate of drug-likeness (QED) is 0.750. The van der Waals surface area contributed by atoms with Crippen molar-refractivity contribution in [3.05, 3.63) is 66.1 Å². The minimum Gasteiger partial charge on any atom is -0.381 e. The lowest BCUT2D eigenvalue weighted by molar-refractivity contribution is 0.628. The summed E-state index contributed by atoms with van der Waals surface area (Å²) in [6.45, 7) is 3.61. The van der Waals surface area contributed by atoms with E-state index >= 15 is 0 Å². The largest absolute Gasteiger partial charge is 0.381 e. The molecule has 3 aromatic rings. The number of fused-ring (bicyclic) bond motifs is 1. The Morgan fingerprint density at radius 2 is 1.80 bits per heavy atom. The van der Waals surface area contributed by atoms with Crippen molar-refractivity contribution in [2.45, 2.75) is 13.5 Å². The van der Waals surface area contributed by atoms with Crippen molar-refractivity contribution < 1.29 is 4.39 Å². The van der Waals surface area contributed by atoms with E-state index in [1.807, 2.05) is 18.2 Å². The van der Waals surface area contributed by atoms with Gasteiger partial charge in [0.2, 0.25) is 0 Å². The van der Waals surface area contributed by atoms with Gasteiger partial charge in [0.05, 0.1) is 5.69 Å². The lowest BCUT2D eigenvalue weighted by atomic mass is 10.2. The Labute approximate surface area is 117 Å². The predicted octanol–water partition coefficient (Wildman–Crippen LogP) is 4.20. The predicted molar refractivity (Wildman–Crippen MR) is 81.6 cm³/mol. The summed E-state index contributed by atoms with van der Waals surface area (Å²) in [5, 5.41) is 4.39. The van der Waals surface area contributed by atoms with Gasteiger partial charge in [0.1, 0.15) is 5.82 Å². The van der Waals surface area contributed by atoms with Crippen molar-refractivity contribution in [3.8, 4) is 0 Å². The van der Waals surface area contributed by atoms with Crippen molar-refractivity contribution in [3.63, 3.8) is 0 Å². The summed E-state index contributed by atoms with van der Waals surface area (Å²) >= 11 is 0. The van der Waals surface area contributed by atoms with Gasteiger partial charge in [-0.2, -0.15) is 0 Å². The molecule has 20 heavy (non-hydrogen) atoms. The van der Waals surface area contributed by atoms with Crippen LogP contribution < -0.4 is 5.32 Å². The van der Waals surface area contributed by atoms with E-state index in [1.54, 1.807) is 12.1 Å². The Kier molecular flexibility index (Phi) is 3.42. The van der Waals surface area contributed by atoms with Crippen molar-refractivity contribution in [2.24, 2.45) is 0 Å². The Hall–Kier alpha value is -2.29. The standard InChI is InChI=1S/C17H17FN2/c1-13-12-14-6-2-5-9-17(14)20(13)11-10-19-16-8-4-3-7-15(16)18/h2-9,12,19H,10-11H2,1H3. The molecule has 3 heteroatoms. The minimum absolute atomic E-state index is 0.207. The number of aromatic nitrogens is 1. The van der Waals surface area contributed by atoms with Gasteiger partial charge in [-0.1, -0.05) is 30.3 Å². The first-order chi connectivity index (χ1) is 9.75. The van der Waals surface area contributed by atoms with Crippen LogP contribution in [0.2, 0.25) is 0 Å². The van der Waals surface area contributed by atoms with Crippen LogP contribution in [0.3, 0.4) is 0 Å². The molecule has 0 saturated carbocycles. The number of nitrogens with zero attached hydrogens (tertiary/aromatic N) is 1. The van der Waals surface area contributed by atoms with Crippen molar-refractivity contribution in [1.29, 1.82) is 0 Å². The number of benzene rings is 2. The van der Waals surface area contributed by atoms with E-state index in [2.05, 4.69) is 35.0 Å². The van der Waals surface area contributed by atoms with Gasteiger partial charge in [-0.3, -0.25) is 0 Å². The fraction of sp³-hybridized carbons (Fsp3) is 0.176. The van der Waals surface area contributed by atoms with Crippen LogP contribution in [0.4, 0.5) is 10.1 Å². The smallest absolute Gasteiger partial charge is 0.146 e. The lowest BCUT2D eigenvalue weighted by Crippen LogP contribution is -2.12. The highest BCUT2D eigenvalue weighted by atomic mass is 19.1. The zero-order chi connectivity index (χ0) is 13.9. The van der Waals surface area contributed by atoms with Crippen molar-refractivity contribution in [2.75, 3.05) is 11.9 Å². The molecule has 0 bridgehead atoms. The first kappa shape index (κ1) is 12.7. The number of para-hydroxylation sites is 2. The van der Waals surface area contributed by atoms with E-state index in [4.69, 9.17) is 0 Å². The molecule has 0 saturated heterocycles. The zero-order valence-corrected chi connectivity index (χ0v) is 11.4. The molecule has 0 fully saturated rings. The number of rotatable bonds is 4. The molecule has 3 rings (SSSR count). The maximum atomic E-state index is 13.5. The molecule has 102 valence electrons. The molecule has 1 aromatic heterocycles. The summed E-state index contributed by atoms with van der Waals surface area (Å²) in [6.07, 6.45) is 0. The summed E-state index contributed by atoms with van der Waals surface area (Å²) < 4.78 is 15.8. The molecule has 0 unspecified atom stereocenters. The van der Waals surface area contributed by atoms with Gasteiger partial charge in [0.25, 0.3) is 0 Å². The van der Waals surface area contributed by atoms with E-state index in [0.29, 0.717) is 12.2 Å². The Balaban J connectivity index is 1.74. The van der Waals surface area contributed by atoms with E-state index < -0.39 is 0 Å². The van der Waals surface area contributed by atoms with Gasteiger partial charge in [0.15, 0.2) is 0 Å². The third-order valence-electron chi connectivity index (χ3n) is 3.54. The summed E-state index contributed by atoms with van der Waals surface area (Å²) in [5.74, 6) is -0.207. The van der Waals surface area contributed by atoms with Gasteiger partial charge in [0, 0.05) is 24.3 Å². The topological polar surface area (TPSA) is 17.0 Å². The van der Waals surface area contributed by atoms with Crippen molar-refractivity contribution in [1.82, 2.24) is 4.57 Å². The van der Waals surface area contributed by atoms with E-state index in [-0.39, 0.29) is 5.82 Å². The van der Waals surface area contributed by atoms with Crippen molar-refractivity contribution >= 4 is 16.6 Å². The summed E-state index contributed by atoms with van der Waals surface area (Å²) in [5.41, 5.74) is 3.00. The molecule has 1 N–H and O–H groups in total. The molecular formula is C17H17FN2. The molecule has 0 amide bonds. The molecule has 0 atom stereocenters. The molecule has 0 spiro atoms. The Bertz CT molecular complexity index is 731. The summed E-state index contributed by atoms with van der Waals surface area (Å²) in [4.78, 5) is 0. The highest BCUT2D eigenvalue weighted by Crippen LogP contribution is 2.19. The monoisotopic (exact) mass is 268 g/mol. The van der Waals surface area contributed by atoms with E-state index in [9.17, 15) is 4.39 Å². The van der Waals surface area contributed by atoms with Crippen LogP contribution in [-0.4, -0.2) is 11.1 Å². The molecular weight excluding hydrogens is 251 g/mol.